The van der Waals surface area contributed by atoms with E-state index >= 15 is 0 Å². The number of carbonyl (C=O) groups excluding carboxylic acids is 1. The highest BCUT2D eigenvalue weighted by atomic mass is 16.5. The smallest absolute Gasteiger partial charge is 0.279 e. The van der Waals surface area contributed by atoms with Crippen molar-refractivity contribution in [3.8, 4) is 5.75 Å². The Bertz CT molecular complexity index is 744. The maximum absolute atomic E-state index is 12.8. The average Bonchev–Trinajstić information content (AvgIpc) is 3.53. The number of hydrogen-bond donors (Lipinski definition) is 2. The van der Waals surface area contributed by atoms with Gasteiger partial charge in [0.15, 0.2) is 6.54 Å². The third-order valence-corrected chi connectivity index (χ3v) is 5.40. The summed E-state index contributed by atoms with van der Waals surface area (Å²) >= 11 is 0. The number of ether oxygens (including phenoxy) is 1. The van der Waals surface area contributed by atoms with E-state index in [2.05, 4.69) is 49.5 Å². The number of quaternary nitrogens is 1. The van der Waals surface area contributed by atoms with Crippen molar-refractivity contribution in [2.24, 2.45) is 0 Å². The Morgan fingerprint density at radius 3 is 2.22 bits per heavy atom. The molecule has 4 nitrogen and oxygen atoms in total. The van der Waals surface area contributed by atoms with Gasteiger partial charge < -0.3 is 15.0 Å². The quantitative estimate of drug-likeness (QED) is 0.715. The molecule has 2 N–H and O–H groups in total. The van der Waals surface area contributed by atoms with Crippen LogP contribution in [0.1, 0.15) is 43.4 Å². The Morgan fingerprint density at radius 2 is 1.70 bits per heavy atom. The zero-order chi connectivity index (χ0) is 19.2. The summed E-state index contributed by atoms with van der Waals surface area (Å²) in [5.41, 5.74) is 4.69. The number of nitrogens with one attached hydrogen (secondary N) is 2. The summed E-state index contributed by atoms with van der Waals surface area (Å²) in [6.07, 6.45) is 4.28. The summed E-state index contributed by atoms with van der Waals surface area (Å²) < 4.78 is 5.24. The van der Waals surface area contributed by atoms with Crippen molar-refractivity contribution < 1.29 is 14.4 Å². The van der Waals surface area contributed by atoms with E-state index < -0.39 is 0 Å². The van der Waals surface area contributed by atoms with Crippen molar-refractivity contribution >= 4 is 11.6 Å². The van der Waals surface area contributed by atoms with Gasteiger partial charge in [0.2, 0.25) is 0 Å². The maximum atomic E-state index is 12.8. The first-order valence-corrected chi connectivity index (χ1v) is 10.0. The zero-order valence-electron chi connectivity index (χ0n) is 16.7. The zero-order valence-corrected chi connectivity index (χ0v) is 16.7. The SMILES string of the molecule is CCc1cccc(CC)c1NC(=O)C[NH+](Cc1ccc(OC)cc1)C1CC1. The van der Waals surface area contributed by atoms with E-state index in [0.29, 0.717) is 12.6 Å². The van der Waals surface area contributed by atoms with Crippen LogP contribution in [0.15, 0.2) is 42.5 Å². The lowest BCUT2D eigenvalue weighted by atomic mass is 10.0. The van der Waals surface area contributed by atoms with Gasteiger partial charge in [0.05, 0.1) is 13.2 Å². The van der Waals surface area contributed by atoms with Crippen LogP contribution in [-0.4, -0.2) is 25.6 Å². The molecule has 1 saturated carbocycles. The van der Waals surface area contributed by atoms with Crippen LogP contribution in [0.3, 0.4) is 0 Å². The molecule has 1 aliphatic rings. The second-order valence-electron chi connectivity index (χ2n) is 7.34. The van der Waals surface area contributed by atoms with Crippen molar-refractivity contribution in [3.05, 3.63) is 59.2 Å². The summed E-state index contributed by atoms with van der Waals surface area (Å²) in [6, 6.07) is 15.1. The van der Waals surface area contributed by atoms with Crippen LogP contribution in [-0.2, 0) is 24.2 Å². The summed E-state index contributed by atoms with van der Waals surface area (Å²) in [5.74, 6) is 0.980. The fraction of sp³-hybridized carbons (Fsp3) is 0.435. The first-order valence-electron chi connectivity index (χ1n) is 10.0. The fourth-order valence-electron chi connectivity index (χ4n) is 3.64. The van der Waals surface area contributed by atoms with Crippen LogP contribution < -0.4 is 15.0 Å². The molecule has 2 aromatic rings. The van der Waals surface area contributed by atoms with Crippen LogP contribution in [0.2, 0.25) is 0 Å². The van der Waals surface area contributed by atoms with Gasteiger partial charge in [0.25, 0.3) is 5.91 Å². The highest BCUT2D eigenvalue weighted by molar-refractivity contribution is 5.93. The van der Waals surface area contributed by atoms with Gasteiger partial charge in [-0.05, 0) is 48.2 Å². The molecule has 1 aliphatic carbocycles. The normalized spacial score (nSPS) is 14.6. The number of hydrogen-bond acceptors (Lipinski definition) is 2. The number of benzene rings is 2. The first-order chi connectivity index (χ1) is 13.1. The molecule has 2 aromatic carbocycles. The number of carbonyl (C=O) groups is 1. The average molecular weight is 368 g/mol. The van der Waals surface area contributed by atoms with Crippen LogP contribution in [0.5, 0.6) is 5.75 Å². The number of aryl methyl sites for hydroxylation is 2. The molecule has 1 atom stereocenters. The number of methoxy groups -OCH3 is 1. The molecule has 0 aromatic heterocycles. The largest absolute Gasteiger partial charge is 0.497 e. The van der Waals surface area contributed by atoms with Crippen molar-refractivity contribution in [1.82, 2.24) is 0 Å². The van der Waals surface area contributed by atoms with Crippen molar-refractivity contribution in [3.63, 3.8) is 0 Å². The molecular formula is C23H31N2O2+. The van der Waals surface area contributed by atoms with Crippen molar-refractivity contribution in [2.75, 3.05) is 19.0 Å². The molecule has 144 valence electrons. The minimum Gasteiger partial charge on any atom is -0.497 e. The lowest BCUT2D eigenvalue weighted by Crippen LogP contribution is -3.13. The van der Waals surface area contributed by atoms with Gasteiger partial charge in [-0.25, -0.2) is 0 Å². The highest BCUT2D eigenvalue weighted by Crippen LogP contribution is 2.22. The molecule has 1 fully saturated rings. The third-order valence-electron chi connectivity index (χ3n) is 5.40. The van der Waals surface area contributed by atoms with E-state index in [1.165, 1.54) is 34.4 Å². The molecule has 0 heterocycles. The molecule has 3 rings (SSSR count). The van der Waals surface area contributed by atoms with Gasteiger partial charge >= 0.3 is 0 Å². The Labute approximate surface area is 162 Å². The van der Waals surface area contributed by atoms with Crippen LogP contribution >= 0.6 is 0 Å². The Morgan fingerprint density at radius 1 is 1.07 bits per heavy atom. The summed E-state index contributed by atoms with van der Waals surface area (Å²) in [6.45, 7) is 5.65. The highest BCUT2D eigenvalue weighted by Gasteiger charge is 2.34. The fourth-order valence-corrected chi connectivity index (χ4v) is 3.64. The molecule has 0 aliphatic heterocycles. The minimum absolute atomic E-state index is 0.112. The maximum Gasteiger partial charge on any atom is 0.279 e. The van der Waals surface area contributed by atoms with Crippen LogP contribution in [0.4, 0.5) is 5.69 Å². The molecule has 0 radical (unpaired) electrons. The number of anilines is 1. The summed E-state index contributed by atoms with van der Waals surface area (Å²) in [5, 5.41) is 3.22. The Balaban J connectivity index is 1.67. The second-order valence-corrected chi connectivity index (χ2v) is 7.34. The second kappa shape index (κ2) is 9.05. The van der Waals surface area contributed by atoms with Gasteiger partial charge in [-0.1, -0.05) is 32.0 Å². The van der Waals surface area contributed by atoms with Crippen molar-refractivity contribution in [2.45, 2.75) is 52.1 Å². The van der Waals surface area contributed by atoms with Gasteiger partial charge in [0, 0.05) is 24.1 Å². The minimum atomic E-state index is 0.112. The van der Waals surface area contributed by atoms with E-state index in [0.717, 1.165) is 30.8 Å². The molecule has 0 saturated heterocycles. The van der Waals surface area contributed by atoms with Crippen LogP contribution in [0, 0.1) is 0 Å². The number of rotatable bonds is 9. The van der Waals surface area contributed by atoms with E-state index in [9.17, 15) is 4.79 Å². The lowest BCUT2D eigenvalue weighted by Gasteiger charge is -2.20. The van der Waals surface area contributed by atoms with Gasteiger partial charge in [0.1, 0.15) is 12.3 Å². The first kappa shape index (κ1) is 19.4. The Hall–Kier alpha value is -2.33. The molecule has 4 heteroatoms. The number of amides is 1. The molecule has 0 spiro atoms. The molecule has 0 bridgehead atoms. The third kappa shape index (κ3) is 5.10. The monoisotopic (exact) mass is 367 g/mol. The van der Waals surface area contributed by atoms with Gasteiger partial charge in [-0.15, -0.1) is 0 Å². The number of para-hydroxylation sites is 1. The predicted octanol–water partition coefficient (Wildman–Crippen LogP) is 3.01. The topological polar surface area (TPSA) is 42.8 Å². The van der Waals surface area contributed by atoms with Crippen LogP contribution in [0.25, 0.3) is 0 Å². The lowest BCUT2D eigenvalue weighted by molar-refractivity contribution is -0.916. The summed E-state index contributed by atoms with van der Waals surface area (Å²) in [7, 11) is 1.68. The van der Waals surface area contributed by atoms with E-state index in [1.807, 2.05) is 12.1 Å². The van der Waals surface area contributed by atoms with Crippen molar-refractivity contribution in [1.29, 1.82) is 0 Å². The Kier molecular flexibility index (Phi) is 6.51. The van der Waals surface area contributed by atoms with Gasteiger partial charge in [-0.3, -0.25) is 4.79 Å². The molecular weight excluding hydrogens is 336 g/mol. The van der Waals surface area contributed by atoms with E-state index in [1.54, 1.807) is 7.11 Å². The molecule has 27 heavy (non-hydrogen) atoms. The van der Waals surface area contributed by atoms with E-state index in [4.69, 9.17) is 4.74 Å². The van der Waals surface area contributed by atoms with E-state index in [-0.39, 0.29) is 5.91 Å². The molecule has 1 amide bonds. The molecule has 1 unspecified atom stereocenters. The predicted molar refractivity (Wildman–Crippen MR) is 109 cm³/mol. The standard InChI is InChI=1S/C23H30N2O2/c1-4-18-7-6-8-19(5-2)23(18)24-22(26)16-25(20-11-12-20)15-17-9-13-21(27-3)14-10-17/h6-10,13-14,20H,4-5,11-12,15-16H2,1-3H3,(H,24,26)/p+1. The van der Waals surface area contributed by atoms with Gasteiger partial charge in [-0.2, -0.15) is 0 Å². The summed E-state index contributed by atoms with van der Waals surface area (Å²) in [4.78, 5) is 14.2.